The second kappa shape index (κ2) is 8.10. The molecule has 134 valence electrons. The van der Waals surface area contributed by atoms with Crippen molar-refractivity contribution in [1.29, 1.82) is 0 Å². The first-order chi connectivity index (χ1) is 11.8. The topological polar surface area (TPSA) is 58.1 Å². The molecule has 1 aromatic carbocycles. The van der Waals surface area contributed by atoms with Gasteiger partial charge in [-0.15, -0.1) is 0 Å². The lowest BCUT2D eigenvalue weighted by Crippen LogP contribution is -2.27. The monoisotopic (exact) mass is 340 g/mol. The fraction of sp³-hybridized carbons (Fsp3) is 0.450. The molecule has 0 spiro atoms. The summed E-state index contributed by atoms with van der Waals surface area (Å²) in [7, 11) is 1.81. The summed E-state index contributed by atoms with van der Waals surface area (Å²) in [6.07, 6.45) is 5.22. The molecule has 0 aliphatic rings. The summed E-state index contributed by atoms with van der Waals surface area (Å²) in [5.74, 6) is 0.444. The number of para-hydroxylation sites is 1. The molecule has 0 unspecified atom stereocenters. The van der Waals surface area contributed by atoms with Crippen LogP contribution in [-0.2, 0) is 5.41 Å². The summed E-state index contributed by atoms with van der Waals surface area (Å²) in [6, 6.07) is 8.13. The predicted molar refractivity (Wildman–Crippen MR) is 102 cm³/mol. The van der Waals surface area contributed by atoms with Gasteiger partial charge in [0.05, 0.1) is 5.56 Å². The summed E-state index contributed by atoms with van der Waals surface area (Å²) in [4.78, 5) is 22.7. The molecule has 1 aromatic heterocycles. The van der Waals surface area contributed by atoms with Crippen LogP contribution < -0.4 is 5.32 Å². The number of hydrogen-bond acceptors (Lipinski definition) is 4. The molecule has 0 saturated heterocycles. The number of amides is 1. The third-order valence-corrected chi connectivity index (χ3v) is 4.07. The number of nitrogens with zero attached hydrogens (tertiary/aromatic N) is 3. The minimum Gasteiger partial charge on any atom is -0.342 e. The molecule has 0 aliphatic carbocycles. The molecule has 0 fully saturated rings. The first-order valence-corrected chi connectivity index (χ1v) is 8.77. The Bertz CT molecular complexity index is 704. The molecular weight excluding hydrogens is 312 g/mol. The van der Waals surface area contributed by atoms with E-state index >= 15 is 0 Å². The Morgan fingerprint density at radius 1 is 1.16 bits per heavy atom. The van der Waals surface area contributed by atoms with Gasteiger partial charge in [0.1, 0.15) is 0 Å². The molecular formula is C20H28N4O. The van der Waals surface area contributed by atoms with E-state index in [1.165, 1.54) is 5.56 Å². The first-order valence-electron chi connectivity index (χ1n) is 8.77. The van der Waals surface area contributed by atoms with Crippen LogP contribution in [0.25, 0.3) is 0 Å². The van der Waals surface area contributed by atoms with E-state index in [1.54, 1.807) is 17.3 Å². The number of carbonyl (C=O) groups is 1. The number of carbonyl (C=O) groups excluding carboxylic acids is 1. The number of hydrogen-bond donors (Lipinski definition) is 1. The Hall–Kier alpha value is -2.43. The van der Waals surface area contributed by atoms with Gasteiger partial charge in [0, 0.05) is 31.7 Å². The lowest BCUT2D eigenvalue weighted by molar-refractivity contribution is 0.0792. The molecule has 1 amide bonds. The number of benzene rings is 1. The zero-order valence-electron chi connectivity index (χ0n) is 15.8. The van der Waals surface area contributed by atoms with E-state index in [0.717, 1.165) is 25.1 Å². The van der Waals surface area contributed by atoms with Crippen molar-refractivity contribution >= 4 is 17.5 Å². The highest BCUT2D eigenvalue weighted by molar-refractivity contribution is 5.93. The van der Waals surface area contributed by atoms with E-state index in [1.807, 2.05) is 25.2 Å². The van der Waals surface area contributed by atoms with E-state index in [0.29, 0.717) is 11.5 Å². The van der Waals surface area contributed by atoms with Crippen molar-refractivity contribution < 1.29 is 4.79 Å². The minimum absolute atomic E-state index is 0.0154. The molecule has 5 nitrogen and oxygen atoms in total. The molecule has 2 aromatic rings. The van der Waals surface area contributed by atoms with Crippen molar-refractivity contribution in [2.75, 3.05) is 18.9 Å². The van der Waals surface area contributed by atoms with E-state index < -0.39 is 0 Å². The van der Waals surface area contributed by atoms with Crippen molar-refractivity contribution in [1.82, 2.24) is 14.9 Å². The Labute approximate surface area is 150 Å². The summed E-state index contributed by atoms with van der Waals surface area (Å²) in [6.45, 7) is 9.36. The third-order valence-electron chi connectivity index (χ3n) is 4.07. The van der Waals surface area contributed by atoms with Crippen molar-refractivity contribution in [3.8, 4) is 0 Å². The highest BCUT2D eigenvalue weighted by Gasteiger charge is 2.18. The number of rotatable bonds is 6. The molecule has 0 atom stereocenters. The van der Waals surface area contributed by atoms with Crippen LogP contribution in [-0.4, -0.2) is 34.4 Å². The van der Waals surface area contributed by atoms with Crippen LogP contribution in [0.1, 0.15) is 56.5 Å². The van der Waals surface area contributed by atoms with Crippen LogP contribution in [0.15, 0.2) is 36.7 Å². The Morgan fingerprint density at radius 2 is 1.80 bits per heavy atom. The zero-order valence-corrected chi connectivity index (χ0v) is 15.8. The number of unbranched alkanes of at least 4 members (excludes halogenated alkanes) is 1. The summed E-state index contributed by atoms with van der Waals surface area (Å²) in [5, 5.41) is 3.26. The fourth-order valence-electron chi connectivity index (χ4n) is 2.59. The van der Waals surface area contributed by atoms with Crippen molar-refractivity contribution in [3.05, 3.63) is 47.8 Å². The van der Waals surface area contributed by atoms with E-state index in [9.17, 15) is 4.79 Å². The molecule has 1 N–H and O–H groups in total. The van der Waals surface area contributed by atoms with Crippen LogP contribution in [0.4, 0.5) is 11.6 Å². The maximum absolute atomic E-state index is 12.3. The third kappa shape index (κ3) is 5.02. The van der Waals surface area contributed by atoms with E-state index in [-0.39, 0.29) is 11.3 Å². The quantitative estimate of drug-likeness (QED) is 0.847. The van der Waals surface area contributed by atoms with Gasteiger partial charge in [-0.3, -0.25) is 4.79 Å². The molecule has 0 bridgehead atoms. The largest absolute Gasteiger partial charge is 0.342 e. The molecule has 0 radical (unpaired) electrons. The standard InChI is InChI=1S/C20H28N4O/c1-6-7-12-24(5)18(25)15-13-21-19(22-14-15)23-17-11-9-8-10-16(17)20(2,3)4/h8-11,13-14H,6-7,12H2,1-5H3,(H,21,22,23). The molecule has 25 heavy (non-hydrogen) atoms. The molecule has 1 heterocycles. The molecule has 5 heteroatoms. The molecule has 0 aliphatic heterocycles. The second-order valence-electron chi connectivity index (χ2n) is 7.30. The van der Waals surface area contributed by atoms with Gasteiger partial charge in [-0.05, 0) is 23.5 Å². The SMILES string of the molecule is CCCCN(C)C(=O)c1cnc(Nc2ccccc2C(C)(C)C)nc1. The summed E-state index contributed by atoms with van der Waals surface area (Å²) in [5.41, 5.74) is 2.70. The van der Waals surface area contributed by atoms with Gasteiger partial charge < -0.3 is 10.2 Å². The first kappa shape index (κ1) is 18.9. The number of anilines is 2. The van der Waals surface area contributed by atoms with Crippen LogP contribution in [0, 0.1) is 0 Å². The zero-order chi connectivity index (χ0) is 18.4. The maximum Gasteiger partial charge on any atom is 0.256 e. The predicted octanol–water partition coefficient (Wildman–Crippen LogP) is 4.39. The van der Waals surface area contributed by atoms with Crippen LogP contribution >= 0.6 is 0 Å². The molecule has 2 rings (SSSR count). The highest BCUT2D eigenvalue weighted by atomic mass is 16.2. The van der Waals surface area contributed by atoms with Crippen molar-refractivity contribution in [2.24, 2.45) is 0 Å². The normalized spacial score (nSPS) is 11.2. The second-order valence-corrected chi connectivity index (χ2v) is 7.30. The van der Waals surface area contributed by atoms with Gasteiger partial charge in [-0.25, -0.2) is 9.97 Å². The lowest BCUT2D eigenvalue weighted by atomic mass is 9.86. The van der Waals surface area contributed by atoms with Gasteiger partial charge in [-0.1, -0.05) is 52.3 Å². The smallest absolute Gasteiger partial charge is 0.256 e. The van der Waals surface area contributed by atoms with Crippen LogP contribution in [0.2, 0.25) is 0 Å². The van der Waals surface area contributed by atoms with Gasteiger partial charge in [0.15, 0.2) is 0 Å². The summed E-state index contributed by atoms with van der Waals surface area (Å²) < 4.78 is 0. The van der Waals surface area contributed by atoms with Crippen molar-refractivity contribution in [2.45, 2.75) is 46.0 Å². The Balaban J connectivity index is 2.13. The summed E-state index contributed by atoms with van der Waals surface area (Å²) >= 11 is 0. The van der Waals surface area contributed by atoms with Crippen molar-refractivity contribution in [3.63, 3.8) is 0 Å². The van der Waals surface area contributed by atoms with Gasteiger partial charge in [0.25, 0.3) is 5.91 Å². The average molecular weight is 340 g/mol. The van der Waals surface area contributed by atoms with Gasteiger partial charge >= 0.3 is 0 Å². The van der Waals surface area contributed by atoms with Gasteiger partial charge in [0.2, 0.25) is 5.95 Å². The van der Waals surface area contributed by atoms with Gasteiger partial charge in [-0.2, -0.15) is 0 Å². The highest BCUT2D eigenvalue weighted by Crippen LogP contribution is 2.30. The van der Waals surface area contributed by atoms with E-state index in [2.05, 4.69) is 49.0 Å². The molecule has 0 saturated carbocycles. The number of aromatic nitrogens is 2. The van der Waals surface area contributed by atoms with E-state index in [4.69, 9.17) is 0 Å². The van der Waals surface area contributed by atoms with Crippen LogP contribution in [0.5, 0.6) is 0 Å². The Kier molecular flexibility index (Phi) is 6.12. The lowest BCUT2D eigenvalue weighted by Gasteiger charge is -2.23. The average Bonchev–Trinajstić information content (AvgIpc) is 2.59. The van der Waals surface area contributed by atoms with Crippen LogP contribution in [0.3, 0.4) is 0 Å². The maximum atomic E-state index is 12.3. The minimum atomic E-state index is -0.0462. The number of nitrogens with one attached hydrogen (secondary N) is 1. The fourth-order valence-corrected chi connectivity index (χ4v) is 2.59. The Morgan fingerprint density at radius 3 is 2.40 bits per heavy atom.